The third-order valence-electron chi connectivity index (χ3n) is 5.84. The lowest BCUT2D eigenvalue weighted by atomic mass is 9.99. The molecule has 2 aromatic rings. The summed E-state index contributed by atoms with van der Waals surface area (Å²) in [6.45, 7) is 0.341. The van der Waals surface area contributed by atoms with Gasteiger partial charge in [-0.1, -0.05) is 24.3 Å². The molecule has 1 N–H and O–H groups in total. The molecule has 0 saturated carbocycles. The highest BCUT2D eigenvalue weighted by atomic mass is 16.5. The Balaban J connectivity index is 1.36. The number of Topliss-reactive ketones (excluding diaryl/α,β-unsaturated/α-hetero) is 1. The number of carbonyl (C=O) groups excluding carboxylic acids is 4. The number of nitrogens with one attached hydrogen (secondary N) is 1. The number of carbonyl (C=O) groups is 4. The molecular weight excluding hydrogens is 396 g/mol. The normalized spacial score (nSPS) is 18.0. The number of nitrogens with zero attached hydrogens (tertiary/aromatic N) is 1. The molecule has 7 nitrogen and oxygen atoms in total. The SMILES string of the molecule is COc1ccc(CC(=O)CCc2ccc3c(c2)CN(C2CCC(=O)NC2=O)C3=O)cc1. The van der Waals surface area contributed by atoms with E-state index in [9.17, 15) is 19.2 Å². The highest BCUT2D eigenvalue weighted by Crippen LogP contribution is 2.28. The second-order valence-electron chi connectivity index (χ2n) is 7.95. The van der Waals surface area contributed by atoms with E-state index < -0.39 is 11.9 Å². The molecule has 3 amide bonds. The van der Waals surface area contributed by atoms with Crippen LogP contribution in [0.2, 0.25) is 0 Å². The fraction of sp³-hybridized carbons (Fsp3) is 0.333. The first-order valence-corrected chi connectivity index (χ1v) is 10.4. The second-order valence-corrected chi connectivity index (χ2v) is 7.95. The standard InChI is InChI=1S/C24H24N2O5/c1-31-19-7-3-16(4-8-19)13-18(27)6-2-15-5-9-20-17(12-15)14-26(24(20)30)21-10-11-22(28)25-23(21)29/h3-5,7-9,12,21H,2,6,10-11,13-14H2,1H3,(H,25,28,29). The Kier molecular flexibility index (Phi) is 5.84. The molecule has 31 heavy (non-hydrogen) atoms. The van der Waals surface area contributed by atoms with Crippen LogP contribution in [0.1, 0.15) is 46.3 Å². The van der Waals surface area contributed by atoms with Crippen LogP contribution in [0.4, 0.5) is 0 Å². The maximum absolute atomic E-state index is 12.7. The topological polar surface area (TPSA) is 92.8 Å². The maximum atomic E-state index is 12.7. The molecule has 0 spiro atoms. The van der Waals surface area contributed by atoms with Crippen molar-refractivity contribution in [1.82, 2.24) is 10.2 Å². The Bertz CT molecular complexity index is 1040. The Morgan fingerprint density at radius 2 is 1.84 bits per heavy atom. The summed E-state index contributed by atoms with van der Waals surface area (Å²) in [5.41, 5.74) is 3.37. The van der Waals surface area contributed by atoms with Crippen molar-refractivity contribution >= 4 is 23.5 Å². The summed E-state index contributed by atoms with van der Waals surface area (Å²) < 4.78 is 5.13. The number of amides is 3. The number of ketones is 1. The van der Waals surface area contributed by atoms with Gasteiger partial charge < -0.3 is 9.64 Å². The van der Waals surface area contributed by atoms with E-state index in [4.69, 9.17) is 4.74 Å². The monoisotopic (exact) mass is 420 g/mol. The van der Waals surface area contributed by atoms with Crippen LogP contribution in [0.5, 0.6) is 5.75 Å². The maximum Gasteiger partial charge on any atom is 0.255 e. The van der Waals surface area contributed by atoms with Gasteiger partial charge >= 0.3 is 0 Å². The van der Waals surface area contributed by atoms with Gasteiger partial charge in [0.15, 0.2) is 0 Å². The molecule has 0 radical (unpaired) electrons. The number of aryl methyl sites for hydroxylation is 1. The van der Waals surface area contributed by atoms with Gasteiger partial charge in [0.25, 0.3) is 5.91 Å². The summed E-state index contributed by atoms with van der Waals surface area (Å²) in [7, 11) is 1.61. The van der Waals surface area contributed by atoms with Gasteiger partial charge in [0.1, 0.15) is 17.6 Å². The largest absolute Gasteiger partial charge is 0.497 e. The Morgan fingerprint density at radius 3 is 2.55 bits per heavy atom. The molecular formula is C24H24N2O5. The molecule has 1 atom stereocenters. The Labute approximate surface area is 180 Å². The number of hydrogen-bond acceptors (Lipinski definition) is 5. The summed E-state index contributed by atoms with van der Waals surface area (Å²) in [6.07, 6.45) is 1.95. The van der Waals surface area contributed by atoms with Crippen LogP contribution < -0.4 is 10.1 Å². The van der Waals surface area contributed by atoms with E-state index in [0.717, 1.165) is 22.4 Å². The van der Waals surface area contributed by atoms with Crippen molar-refractivity contribution in [3.63, 3.8) is 0 Å². The minimum atomic E-state index is -0.618. The predicted molar refractivity (Wildman–Crippen MR) is 113 cm³/mol. The number of ether oxygens (including phenoxy) is 1. The number of imide groups is 1. The lowest BCUT2D eigenvalue weighted by Gasteiger charge is -2.29. The fourth-order valence-corrected chi connectivity index (χ4v) is 4.13. The molecule has 2 aliphatic heterocycles. The zero-order chi connectivity index (χ0) is 22.0. The number of fused-ring (bicyclic) bond motifs is 1. The van der Waals surface area contributed by atoms with Crippen molar-refractivity contribution in [2.24, 2.45) is 0 Å². The van der Waals surface area contributed by atoms with E-state index in [1.807, 2.05) is 36.4 Å². The van der Waals surface area contributed by atoms with E-state index in [1.165, 1.54) is 4.90 Å². The zero-order valence-electron chi connectivity index (χ0n) is 17.3. The summed E-state index contributed by atoms with van der Waals surface area (Å²) >= 11 is 0. The van der Waals surface area contributed by atoms with Gasteiger partial charge in [0.05, 0.1) is 7.11 Å². The van der Waals surface area contributed by atoms with Crippen LogP contribution in [0.25, 0.3) is 0 Å². The van der Waals surface area contributed by atoms with Crippen LogP contribution in [0, 0.1) is 0 Å². The number of methoxy groups -OCH3 is 1. The molecule has 4 rings (SSSR count). The minimum Gasteiger partial charge on any atom is -0.497 e. The first-order valence-electron chi connectivity index (χ1n) is 10.4. The van der Waals surface area contributed by atoms with E-state index in [2.05, 4.69) is 5.32 Å². The molecule has 1 saturated heterocycles. The van der Waals surface area contributed by atoms with E-state index in [1.54, 1.807) is 13.2 Å². The molecule has 2 aromatic carbocycles. The lowest BCUT2D eigenvalue weighted by molar-refractivity contribution is -0.137. The van der Waals surface area contributed by atoms with Crippen molar-refractivity contribution in [2.45, 2.75) is 44.7 Å². The van der Waals surface area contributed by atoms with Crippen LogP contribution in [0.15, 0.2) is 42.5 Å². The first kappa shape index (κ1) is 20.8. The molecule has 2 heterocycles. The highest BCUT2D eigenvalue weighted by Gasteiger charge is 2.39. The molecule has 7 heteroatoms. The van der Waals surface area contributed by atoms with Crippen molar-refractivity contribution in [2.75, 3.05) is 7.11 Å². The highest BCUT2D eigenvalue weighted by molar-refractivity contribution is 6.05. The number of benzene rings is 2. The lowest BCUT2D eigenvalue weighted by Crippen LogP contribution is -2.52. The van der Waals surface area contributed by atoms with Gasteiger partial charge in [-0.05, 0) is 47.7 Å². The third-order valence-corrected chi connectivity index (χ3v) is 5.84. The summed E-state index contributed by atoms with van der Waals surface area (Å²) in [6, 6.07) is 12.4. The zero-order valence-corrected chi connectivity index (χ0v) is 17.3. The average molecular weight is 420 g/mol. The van der Waals surface area contributed by atoms with Crippen LogP contribution in [-0.2, 0) is 33.8 Å². The second kappa shape index (κ2) is 8.71. The van der Waals surface area contributed by atoms with Gasteiger partial charge in [-0.2, -0.15) is 0 Å². The van der Waals surface area contributed by atoms with Crippen molar-refractivity contribution in [1.29, 1.82) is 0 Å². The van der Waals surface area contributed by atoms with Crippen LogP contribution in [-0.4, -0.2) is 41.6 Å². The predicted octanol–water partition coefficient (Wildman–Crippen LogP) is 2.20. The quantitative estimate of drug-likeness (QED) is 0.694. The van der Waals surface area contributed by atoms with E-state index >= 15 is 0 Å². The average Bonchev–Trinajstić information content (AvgIpc) is 3.08. The molecule has 0 aliphatic carbocycles. The molecule has 160 valence electrons. The Hall–Kier alpha value is -3.48. The molecule has 0 aromatic heterocycles. The Morgan fingerprint density at radius 1 is 1.10 bits per heavy atom. The fourth-order valence-electron chi connectivity index (χ4n) is 4.13. The summed E-state index contributed by atoms with van der Waals surface area (Å²) in [5, 5.41) is 2.31. The molecule has 1 fully saturated rings. The first-order chi connectivity index (χ1) is 14.9. The van der Waals surface area contributed by atoms with Crippen LogP contribution >= 0.6 is 0 Å². The van der Waals surface area contributed by atoms with Gasteiger partial charge in [-0.15, -0.1) is 0 Å². The van der Waals surface area contributed by atoms with E-state index in [0.29, 0.717) is 37.8 Å². The smallest absolute Gasteiger partial charge is 0.255 e. The number of piperidine rings is 1. The van der Waals surface area contributed by atoms with E-state index in [-0.39, 0.29) is 24.0 Å². The van der Waals surface area contributed by atoms with Crippen molar-refractivity contribution in [3.8, 4) is 5.75 Å². The third kappa shape index (κ3) is 4.50. The van der Waals surface area contributed by atoms with Gasteiger partial charge in [-0.3, -0.25) is 24.5 Å². The molecule has 1 unspecified atom stereocenters. The minimum absolute atomic E-state index is 0.145. The van der Waals surface area contributed by atoms with Crippen LogP contribution in [0.3, 0.4) is 0 Å². The molecule has 0 bridgehead atoms. The molecule has 2 aliphatic rings. The number of rotatable bonds is 7. The van der Waals surface area contributed by atoms with Gasteiger partial charge in [0.2, 0.25) is 11.8 Å². The number of hydrogen-bond donors (Lipinski definition) is 1. The van der Waals surface area contributed by atoms with Crippen molar-refractivity contribution in [3.05, 3.63) is 64.7 Å². The van der Waals surface area contributed by atoms with Gasteiger partial charge in [-0.25, -0.2) is 0 Å². The summed E-state index contributed by atoms with van der Waals surface area (Å²) in [4.78, 5) is 50.2. The summed E-state index contributed by atoms with van der Waals surface area (Å²) in [5.74, 6) is 0.00235. The van der Waals surface area contributed by atoms with Crippen molar-refractivity contribution < 1.29 is 23.9 Å². The van der Waals surface area contributed by atoms with Gasteiger partial charge in [0, 0.05) is 31.4 Å².